The number of Topliss-reactive ketones (excluding diaryl/α,β-unsaturated/α-hetero) is 1. The summed E-state index contributed by atoms with van der Waals surface area (Å²) in [5, 5.41) is 6.44. The summed E-state index contributed by atoms with van der Waals surface area (Å²) < 4.78 is 16.0. The van der Waals surface area contributed by atoms with Gasteiger partial charge in [-0.3, -0.25) is 4.79 Å². The number of hydrogen-bond acceptors (Lipinski definition) is 7. The Morgan fingerprint density at radius 3 is 2.39 bits per heavy atom. The highest BCUT2D eigenvalue weighted by atomic mass is 32.2. The van der Waals surface area contributed by atoms with Crippen molar-refractivity contribution in [3.8, 4) is 0 Å². The van der Waals surface area contributed by atoms with Crippen LogP contribution < -0.4 is 16.4 Å². The van der Waals surface area contributed by atoms with Crippen molar-refractivity contribution in [3.05, 3.63) is 0 Å². The van der Waals surface area contributed by atoms with E-state index in [1.54, 1.807) is 0 Å². The number of nitrogens with two attached hydrogens (primary N) is 1. The van der Waals surface area contributed by atoms with E-state index in [-0.39, 0.29) is 18.1 Å². The van der Waals surface area contributed by atoms with E-state index in [0.29, 0.717) is 70.1 Å². The van der Waals surface area contributed by atoms with E-state index in [2.05, 4.69) is 10.6 Å². The van der Waals surface area contributed by atoms with Gasteiger partial charge in [0.1, 0.15) is 5.78 Å². The van der Waals surface area contributed by atoms with Gasteiger partial charge in [0.25, 0.3) is 0 Å². The highest BCUT2D eigenvalue weighted by Crippen LogP contribution is 2.33. The van der Waals surface area contributed by atoms with E-state index >= 15 is 0 Å². The second-order valence-electron chi connectivity index (χ2n) is 7.14. The number of carbonyl (C=O) groups is 2. The van der Waals surface area contributed by atoms with Crippen LogP contribution in [0.25, 0.3) is 0 Å². The second kappa shape index (κ2) is 14.2. The molecule has 4 N–H and O–H groups in total. The molecule has 162 valence electrons. The summed E-state index contributed by atoms with van der Waals surface area (Å²) in [6, 6.07) is 0.493. The van der Waals surface area contributed by atoms with Gasteiger partial charge in [-0.1, -0.05) is 6.42 Å². The van der Waals surface area contributed by atoms with Crippen molar-refractivity contribution in [1.29, 1.82) is 0 Å². The number of urea groups is 1. The molecule has 2 heterocycles. The molecule has 28 heavy (non-hydrogen) atoms. The second-order valence-corrected chi connectivity index (χ2v) is 8.41. The molecule has 0 radical (unpaired) electrons. The number of thioether (sulfide) groups is 1. The predicted molar refractivity (Wildman–Crippen MR) is 110 cm³/mol. The normalized spacial score (nSPS) is 23.5. The Hall–Kier alpha value is -0.870. The van der Waals surface area contributed by atoms with Gasteiger partial charge in [0.05, 0.1) is 45.1 Å². The minimum atomic E-state index is -0.0409. The lowest BCUT2D eigenvalue weighted by Crippen LogP contribution is -2.36. The topological polar surface area (TPSA) is 112 Å². The third kappa shape index (κ3) is 9.09. The van der Waals surface area contributed by atoms with Gasteiger partial charge < -0.3 is 30.6 Å². The third-order valence-corrected chi connectivity index (χ3v) is 6.39. The first kappa shape index (κ1) is 23.4. The zero-order valence-corrected chi connectivity index (χ0v) is 17.5. The zero-order valence-electron chi connectivity index (χ0n) is 16.7. The van der Waals surface area contributed by atoms with E-state index < -0.39 is 0 Å². The van der Waals surface area contributed by atoms with Gasteiger partial charge in [-0.2, -0.15) is 11.8 Å². The SMILES string of the molecule is NCCOCCOCCOCCCC(=O)CCCCC1SCC2NC(=O)NC21. The predicted octanol–water partition coefficient (Wildman–Crippen LogP) is 1.07. The van der Waals surface area contributed by atoms with Crippen LogP contribution in [0.1, 0.15) is 38.5 Å². The molecule has 9 heteroatoms. The fourth-order valence-corrected chi connectivity index (χ4v) is 4.98. The molecule has 0 aromatic carbocycles. The smallest absolute Gasteiger partial charge is 0.315 e. The van der Waals surface area contributed by atoms with Crippen molar-refractivity contribution in [1.82, 2.24) is 10.6 Å². The molecule has 0 aliphatic carbocycles. The van der Waals surface area contributed by atoms with Crippen LogP contribution in [0.3, 0.4) is 0 Å². The van der Waals surface area contributed by atoms with Gasteiger partial charge in [-0.15, -0.1) is 0 Å². The number of nitrogens with one attached hydrogen (secondary N) is 2. The molecule has 2 aliphatic rings. The average molecular weight is 418 g/mol. The van der Waals surface area contributed by atoms with Crippen molar-refractivity contribution in [2.24, 2.45) is 5.73 Å². The maximum absolute atomic E-state index is 11.9. The van der Waals surface area contributed by atoms with Crippen LogP contribution in [0.4, 0.5) is 4.79 Å². The molecular weight excluding hydrogens is 382 g/mol. The molecule has 3 atom stereocenters. The molecule has 0 spiro atoms. The van der Waals surface area contributed by atoms with Gasteiger partial charge >= 0.3 is 6.03 Å². The zero-order chi connectivity index (χ0) is 20.0. The molecule has 3 unspecified atom stereocenters. The highest BCUT2D eigenvalue weighted by Gasteiger charge is 2.42. The summed E-state index contributed by atoms with van der Waals surface area (Å²) in [6.45, 7) is 3.86. The summed E-state index contributed by atoms with van der Waals surface area (Å²) in [5.74, 6) is 1.30. The Morgan fingerprint density at radius 2 is 1.64 bits per heavy atom. The Bertz CT molecular complexity index is 469. The fraction of sp³-hybridized carbons (Fsp3) is 0.895. The number of unbranched alkanes of at least 4 members (excludes halogenated alkanes) is 1. The van der Waals surface area contributed by atoms with Crippen molar-refractivity contribution in [3.63, 3.8) is 0 Å². The van der Waals surface area contributed by atoms with Crippen molar-refractivity contribution in [2.45, 2.75) is 55.9 Å². The molecule has 8 nitrogen and oxygen atoms in total. The highest BCUT2D eigenvalue weighted by molar-refractivity contribution is 8.00. The van der Waals surface area contributed by atoms with E-state index in [4.69, 9.17) is 19.9 Å². The maximum atomic E-state index is 11.9. The number of carbonyl (C=O) groups excluding carboxylic acids is 2. The number of ketones is 1. The average Bonchev–Trinajstić information content (AvgIpc) is 3.22. The van der Waals surface area contributed by atoms with Gasteiger partial charge in [0.2, 0.25) is 0 Å². The number of ether oxygens (including phenoxy) is 3. The Morgan fingerprint density at radius 1 is 0.964 bits per heavy atom. The maximum Gasteiger partial charge on any atom is 0.315 e. The van der Waals surface area contributed by atoms with Crippen LogP contribution in [-0.4, -0.2) is 81.1 Å². The van der Waals surface area contributed by atoms with Crippen molar-refractivity contribution >= 4 is 23.6 Å². The standard InChI is InChI=1S/C19H35N3O5S/c20-7-9-26-11-13-27-12-10-25-8-3-5-15(23)4-1-2-6-17-18-16(14-28-17)21-19(24)22-18/h16-18H,1-14,20H2,(H2,21,22,24). The lowest BCUT2D eigenvalue weighted by atomic mass is 10.0. The molecular formula is C19H35N3O5S. The van der Waals surface area contributed by atoms with Crippen LogP contribution in [0, 0.1) is 0 Å². The van der Waals surface area contributed by atoms with Crippen molar-refractivity contribution in [2.75, 3.05) is 51.9 Å². The summed E-state index contributed by atoms with van der Waals surface area (Å²) in [7, 11) is 0. The number of amides is 2. The Labute approximate surface area is 172 Å². The number of hydrogen-bond donors (Lipinski definition) is 3. The molecule has 2 saturated heterocycles. The first-order valence-corrected chi connectivity index (χ1v) is 11.4. The summed E-state index contributed by atoms with van der Waals surface area (Å²) in [4.78, 5) is 23.3. The molecule has 2 aliphatic heterocycles. The fourth-order valence-electron chi connectivity index (χ4n) is 3.43. The van der Waals surface area contributed by atoms with Crippen LogP contribution in [0.15, 0.2) is 0 Å². The summed E-state index contributed by atoms with van der Waals surface area (Å²) in [5.41, 5.74) is 5.31. The molecule has 2 rings (SSSR count). The Balaban J connectivity index is 1.34. The molecule has 0 bridgehead atoms. The summed E-state index contributed by atoms with van der Waals surface area (Å²) >= 11 is 1.92. The minimum absolute atomic E-state index is 0.0409. The lowest BCUT2D eigenvalue weighted by Gasteiger charge is -2.16. The lowest BCUT2D eigenvalue weighted by molar-refractivity contribution is -0.119. The molecule has 2 fully saturated rings. The van der Waals surface area contributed by atoms with Crippen LogP contribution in [0.2, 0.25) is 0 Å². The molecule has 2 amide bonds. The minimum Gasteiger partial charge on any atom is -0.379 e. The summed E-state index contributed by atoms with van der Waals surface area (Å²) in [6.07, 6.45) is 5.00. The monoisotopic (exact) mass is 417 g/mol. The van der Waals surface area contributed by atoms with E-state index in [1.807, 2.05) is 11.8 Å². The van der Waals surface area contributed by atoms with Gasteiger partial charge in [-0.25, -0.2) is 4.79 Å². The van der Waals surface area contributed by atoms with Crippen LogP contribution >= 0.6 is 11.8 Å². The van der Waals surface area contributed by atoms with Gasteiger partial charge in [-0.05, 0) is 19.3 Å². The molecule has 0 aromatic rings. The van der Waals surface area contributed by atoms with E-state index in [1.165, 1.54) is 0 Å². The first-order chi connectivity index (χ1) is 13.7. The number of fused-ring (bicyclic) bond motifs is 1. The van der Waals surface area contributed by atoms with E-state index in [9.17, 15) is 9.59 Å². The third-order valence-electron chi connectivity index (χ3n) is 4.88. The van der Waals surface area contributed by atoms with Crippen molar-refractivity contribution < 1.29 is 23.8 Å². The molecule has 0 aromatic heterocycles. The van der Waals surface area contributed by atoms with Crippen LogP contribution in [0.5, 0.6) is 0 Å². The number of rotatable bonds is 17. The van der Waals surface area contributed by atoms with Gasteiger partial charge in [0, 0.05) is 37.0 Å². The largest absolute Gasteiger partial charge is 0.379 e. The van der Waals surface area contributed by atoms with Crippen LogP contribution in [-0.2, 0) is 19.0 Å². The quantitative estimate of drug-likeness (QED) is 0.240. The molecule has 0 saturated carbocycles. The first-order valence-electron chi connectivity index (χ1n) is 10.3. The van der Waals surface area contributed by atoms with Gasteiger partial charge in [0.15, 0.2) is 0 Å². The van der Waals surface area contributed by atoms with E-state index in [0.717, 1.165) is 31.4 Å². The Kier molecular flexibility index (Phi) is 11.8.